The second-order valence-corrected chi connectivity index (χ2v) is 6.12. The molecule has 6 nitrogen and oxygen atoms in total. The van der Waals surface area contributed by atoms with Crippen LogP contribution < -0.4 is 0 Å². The molecule has 1 aliphatic heterocycles. The van der Waals surface area contributed by atoms with Crippen LogP contribution in [0.5, 0.6) is 0 Å². The van der Waals surface area contributed by atoms with E-state index in [1.54, 1.807) is 0 Å². The molecule has 1 fully saturated rings. The molecule has 104 valence electrons. The van der Waals surface area contributed by atoms with Crippen LogP contribution in [0.3, 0.4) is 0 Å². The lowest BCUT2D eigenvalue weighted by atomic mass is 10.2. The Morgan fingerprint density at radius 1 is 1.21 bits per heavy atom. The largest absolute Gasteiger partial charge is 0.480 e. The van der Waals surface area contributed by atoms with E-state index in [2.05, 4.69) is 0 Å². The van der Waals surface area contributed by atoms with E-state index >= 15 is 0 Å². The van der Waals surface area contributed by atoms with Gasteiger partial charge in [0.05, 0.1) is 0 Å². The van der Waals surface area contributed by atoms with E-state index < -0.39 is 22.7 Å². The number of hydrogen-bond donors (Lipinski definition) is 1. The minimum atomic E-state index is -3.74. The lowest BCUT2D eigenvalue weighted by Gasteiger charge is -2.17. The van der Waals surface area contributed by atoms with Crippen LogP contribution in [0.15, 0.2) is 24.3 Å². The lowest BCUT2D eigenvalue weighted by Crippen LogP contribution is -2.35. The molecule has 1 aromatic carbocycles. The molecule has 1 saturated heterocycles. The average molecular weight is 288 g/mol. The second-order valence-electron chi connectivity index (χ2n) is 4.20. The molecule has 19 heavy (non-hydrogen) atoms. The highest BCUT2D eigenvalue weighted by atomic mass is 32.2. The molecular weight excluding hydrogens is 275 g/mol. The summed E-state index contributed by atoms with van der Waals surface area (Å²) >= 11 is 0. The monoisotopic (exact) mass is 288 g/mol. The zero-order valence-electron chi connectivity index (χ0n) is 9.99. The van der Waals surface area contributed by atoms with Gasteiger partial charge in [-0.05, 0) is 17.7 Å². The Kier molecular flexibility index (Phi) is 3.83. The first-order valence-electron chi connectivity index (χ1n) is 5.61. The Morgan fingerprint density at radius 3 is 2.37 bits per heavy atom. The maximum Gasteiger partial charge on any atom is 0.318 e. The number of carbonyl (C=O) groups is 1. The highest BCUT2D eigenvalue weighted by Crippen LogP contribution is 2.19. The van der Waals surface area contributed by atoms with Crippen molar-refractivity contribution >= 4 is 16.2 Å². The Labute approximate surface area is 110 Å². The third kappa shape index (κ3) is 3.09. The van der Waals surface area contributed by atoms with E-state index in [-0.39, 0.29) is 25.5 Å². The predicted octanol–water partition coefficient (Wildman–Crippen LogP) is 0.273. The van der Waals surface area contributed by atoms with Gasteiger partial charge in [-0.15, -0.1) is 0 Å². The molecule has 1 heterocycles. The summed E-state index contributed by atoms with van der Waals surface area (Å²) in [6.07, 6.45) is 0. The third-order valence-electron chi connectivity index (χ3n) is 2.84. The molecule has 2 rings (SSSR count). The van der Waals surface area contributed by atoms with Gasteiger partial charge in [0.2, 0.25) is 0 Å². The van der Waals surface area contributed by atoms with Crippen molar-refractivity contribution in [1.29, 1.82) is 0 Å². The van der Waals surface area contributed by atoms with Gasteiger partial charge in [0.25, 0.3) is 10.2 Å². The van der Waals surface area contributed by atoms with Gasteiger partial charge in [0, 0.05) is 19.6 Å². The summed E-state index contributed by atoms with van der Waals surface area (Å²) in [4.78, 5) is 10.6. The molecule has 8 heteroatoms. The molecule has 0 amide bonds. The van der Waals surface area contributed by atoms with Crippen LogP contribution in [-0.2, 0) is 21.5 Å². The van der Waals surface area contributed by atoms with Crippen molar-refractivity contribution in [3.05, 3.63) is 35.6 Å². The molecule has 1 aliphatic rings. The van der Waals surface area contributed by atoms with E-state index in [9.17, 15) is 17.6 Å². The lowest BCUT2D eigenvalue weighted by molar-refractivity contribution is -0.137. The Morgan fingerprint density at radius 2 is 1.79 bits per heavy atom. The molecule has 1 N–H and O–H groups in total. The third-order valence-corrected chi connectivity index (χ3v) is 4.76. The maximum atomic E-state index is 12.8. The van der Waals surface area contributed by atoms with Gasteiger partial charge in [0.1, 0.15) is 12.4 Å². The van der Waals surface area contributed by atoms with Crippen molar-refractivity contribution in [2.24, 2.45) is 0 Å². The van der Waals surface area contributed by atoms with E-state index in [4.69, 9.17) is 5.11 Å². The van der Waals surface area contributed by atoms with Gasteiger partial charge < -0.3 is 5.11 Å². The summed E-state index contributed by atoms with van der Waals surface area (Å²) in [5, 5.41) is 8.65. The summed E-state index contributed by atoms with van der Waals surface area (Å²) < 4.78 is 38.9. The van der Waals surface area contributed by atoms with Crippen molar-refractivity contribution in [2.75, 3.05) is 19.6 Å². The molecule has 0 aromatic heterocycles. The minimum Gasteiger partial charge on any atom is -0.480 e. The van der Waals surface area contributed by atoms with Crippen LogP contribution >= 0.6 is 0 Å². The number of aliphatic carboxylic acids is 1. The molecule has 1 aromatic rings. The number of halogens is 1. The molecule has 0 bridgehead atoms. The summed E-state index contributed by atoms with van der Waals surface area (Å²) in [7, 11) is -3.74. The van der Waals surface area contributed by atoms with Gasteiger partial charge in [0.15, 0.2) is 0 Å². The summed E-state index contributed by atoms with van der Waals surface area (Å²) in [5.74, 6) is -1.58. The number of benzene rings is 1. The zero-order valence-corrected chi connectivity index (χ0v) is 10.8. The van der Waals surface area contributed by atoms with Crippen molar-refractivity contribution in [2.45, 2.75) is 6.54 Å². The normalized spacial score (nSPS) is 19.6. The Balaban J connectivity index is 2.10. The zero-order chi connectivity index (χ0) is 14.0. The number of carboxylic acids is 1. The average Bonchev–Trinajstić information content (AvgIpc) is 2.59. The number of carboxylic acid groups (broad SMARTS) is 1. The van der Waals surface area contributed by atoms with Gasteiger partial charge >= 0.3 is 5.97 Å². The smallest absolute Gasteiger partial charge is 0.318 e. The summed E-state index contributed by atoms with van der Waals surface area (Å²) in [6.45, 7) is -0.0518. The first kappa shape index (κ1) is 13.9. The fourth-order valence-corrected chi connectivity index (χ4v) is 3.42. The van der Waals surface area contributed by atoms with Crippen molar-refractivity contribution < 1.29 is 22.7 Å². The van der Waals surface area contributed by atoms with Crippen LogP contribution in [0.25, 0.3) is 0 Å². The van der Waals surface area contributed by atoms with Crippen LogP contribution in [0, 0.1) is 5.82 Å². The highest BCUT2D eigenvalue weighted by Gasteiger charge is 2.37. The summed E-state index contributed by atoms with van der Waals surface area (Å²) in [6, 6.07) is 5.52. The molecule has 0 radical (unpaired) electrons. The molecular formula is C11H13FN2O4S. The SMILES string of the molecule is O=C(O)CN1CCN(Cc2ccc(F)cc2)S1(=O)=O. The molecule has 0 unspecified atom stereocenters. The van der Waals surface area contributed by atoms with Gasteiger partial charge in [-0.3, -0.25) is 4.79 Å². The second kappa shape index (κ2) is 5.24. The van der Waals surface area contributed by atoms with Crippen molar-refractivity contribution in [3.63, 3.8) is 0 Å². The van der Waals surface area contributed by atoms with Crippen molar-refractivity contribution in [1.82, 2.24) is 8.61 Å². The maximum absolute atomic E-state index is 12.8. The van der Waals surface area contributed by atoms with E-state index in [0.717, 1.165) is 4.31 Å². The van der Waals surface area contributed by atoms with E-state index in [1.165, 1.54) is 28.6 Å². The Bertz CT molecular complexity index is 573. The fraction of sp³-hybridized carbons (Fsp3) is 0.364. The quantitative estimate of drug-likeness (QED) is 0.863. The van der Waals surface area contributed by atoms with Crippen molar-refractivity contribution in [3.8, 4) is 0 Å². The molecule has 0 aliphatic carbocycles. The van der Waals surface area contributed by atoms with E-state index in [0.29, 0.717) is 5.56 Å². The first-order valence-corrected chi connectivity index (χ1v) is 7.01. The number of rotatable bonds is 4. The molecule has 0 spiro atoms. The first-order chi connectivity index (χ1) is 8.89. The van der Waals surface area contributed by atoms with Crippen LogP contribution in [-0.4, -0.2) is 47.7 Å². The predicted molar refractivity (Wildman–Crippen MR) is 64.9 cm³/mol. The van der Waals surface area contributed by atoms with Gasteiger partial charge in [-0.1, -0.05) is 12.1 Å². The van der Waals surface area contributed by atoms with Gasteiger partial charge in [-0.2, -0.15) is 17.0 Å². The molecule has 0 atom stereocenters. The number of nitrogens with zero attached hydrogens (tertiary/aromatic N) is 2. The number of hydrogen-bond acceptors (Lipinski definition) is 3. The van der Waals surface area contributed by atoms with Crippen LogP contribution in [0.1, 0.15) is 5.56 Å². The standard InChI is InChI=1S/C11H13FN2O4S/c12-10-3-1-9(2-4-10)7-13-5-6-14(8-11(15)16)19(13,17)18/h1-4H,5-8H2,(H,15,16). The minimum absolute atomic E-state index is 0.110. The summed E-state index contributed by atoms with van der Waals surface area (Å²) in [5.41, 5.74) is 0.655. The molecule has 0 saturated carbocycles. The fourth-order valence-electron chi connectivity index (χ4n) is 1.88. The van der Waals surface area contributed by atoms with Crippen LogP contribution in [0.2, 0.25) is 0 Å². The van der Waals surface area contributed by atoms with Crippen LogP contribution in [0.4, 0.5) is 4.39 Å². The Hall–Kier alpha value is -1.51. The van der Waals surface area contributed by atoms with E-state index in [1.807, 2.05) is 0 Å². The topological polar surface area (TPSA) is 77.9 Å². The van der Waals surface area contributed by atoms with Gasteiger partial charge in [-0.25, -0.2) is 4.39 Å². The highest BCUT2D eigenvalue weighted by molar-refractivity contribution is 7.87.